The fourth-order valence-electron chi connectivity index (χ4n) is 2.99. The SMILES string of the molecule is CCCc1ccc(-c2c(F)c(F)c(-c3ccc(C)cc3)c(F)c2F)cc1. The van der Waals surface area contributed by atoms with E-state index in [9.17, 15) is 17.6 Å². The fraction of sp³-hybridized carbons (Fsp3) is 0.182. The molecule has 134 valence electrons. The van der Waals surface area contributed by atoms with Crippen molar-refractivity contribution in [3.8, 4) is 22.3 Å². The first-order chi connectivity index (χ1) is 12.4. The molecule has 4 heteroatoms. The summed E-state index contributed by atoms with van der Waals surface area (Å²) < 4.78 is 58.4. The van der Waals surface area contributed by atoms with E-state index in [1.165, 1.54) is 24.3 Å². The number of halogens is 4. The van der Waals surface area contributed by atoms with E-state index in [2.05, 4.69) is 0 Å². The van der Waals surface area contributed by atoms with Crippen LogP contribution in [0, 0.1) is 30.2 Å². The fourth-order valence-corrected chi connectivity index (χ4v) is 2.99. The number of rotatable bonds is 4. The molecule has 0 bridgehead atoms. The van der Waals surface area contributed by atoms with Crippen LogP contribution in [0.4, 0.5) is 17.6 Å². The van der Waals surface area contributed by atoms with Crippen LogP contribution in [0.1, 0.15) is 24.5 Å². The molecule has 0 aliphatic carbocycles. The van der Waals surface area contributed by atoms with Crippen LogP contribution in [0.2, 0.25) is 0 Å². The third kappa shape index (κ3) is 3.24. The van der Waals surface area contributed by atoms with Crippen molar-refractivity contribution < 1.29 is 17.6 Å². The highest BCUT2D eigenvalue weighted by Gasteiger charge is 2.27. The number of benzene rings is 3. The summed E-state index contributed by atoms with van der Waals surface area (Å²) in [5, 5.41) is 0. The molecule has 0 aliphatic rings. The van der Waals surface area contributed by atoms with Crippen molar-refractivity contribution in [3.63, 3.8) is 0 Å². The van der Waals surface area contributed by atoms with E-state index in [4.69, 9.17) is 0 Å². The average Bonchev–Trinajstić information content (AvgIpc) is 2.64. The lowest BCUT2D eigenvalue weighted by molar-refractivity contribution is 0.463. The van der Waals surface area contributed by atoms with Crippen molar-refractivity contribution in [1.82, 2.24) is 0 Å². The predicted molar refractivity (Wildman–Crippen MR) is 95.9 cm³/mol. The lowest BCUT2D eigenvalue weighted by Gasteiger charge is -2.13. The van der Waals surface area contributed by atoms with Gasteiger partial charge in [-0.15, -0.1) is 0 Å². The maximum atomic E-state index is 14.6. The van der Waals surface area contributed by atoms with E-state index >= 15 is 0 Å². The Morgan fingerprint density at radius 1 is 0.615 bits per heavy atom. The standard InChI is InChI=1S/C22H18F4/c1-3-4-14-7-11-16(12-8-14)18-21(25)19(23)17(20(24)22(18)26)15-9-5-13(2)6-10-15/h5-12H,3-4H2,1-2H3. The second kappa shape index (κ2) is 7.32. The van der Waals surface area contributed by atoms with Crippen LogP contribution in [-0.4, -0.2) is 0 Å². The van der Waals surface area contributed by atoms with E-state index in [0.717, 1.165) is 24.0 Å². The zero-order chi connectivity index (χ0) is 18.8. The van der Waals surface area contributed by atoms with Gasteiger partial charge in [0.05, 0.1) is 11.1 Å². The molecule has 0 saturated carbocycles. The molecule has 0 radical (unpaired) electrons. The minimum Gasteiger partial charge on any atom is -0.203 e. The van der Waals surface area contributed by atoms with Gasteiger partial charge >= 0.3 is 0 Å². The molecule has 0 aliphatic heterocycles. The molecule has 0 amide bonds. The summed E-state index contributed by atoms with van der Waals surface area (Å²) in [6, 6.07) is 12.5. The third-order valence-electron chi connectivity index (χ3n) is 4.38. The van der Waals surface area contributed by atoms with Crippen molar-refractivity contribution >= 4 is 0 Å². The van der Waals surface area contributed by atoms with Gasteiger partial charge in [-0.25, -0.2) is 17.6 Å². The Morgan fingerprint density at radius 2 is 1.00 bits per heavy atom. The molecule has 0 spiro atoms. The van der Waals surface area contributed by atoms with Gasteiger partial charge in [-0.2, -0.15) is 0 Å². The lowest BCUT2D eigenvalue weighted by Crippen LogP contribution is -2.03. The topological polar surface area (TPSA) is 0 Å². The van der Waals surface area contributed by atoms with E-state index < -0.39 is 34.4 Å². The molecular weight excluding hydrogens is 340 g/mol. The Morgan fingerprint density at radius 3 is 1.38 bits per heavy atom. The van der Waals surface area contributed by atoms with Crippen molar-refractivity contribution in [3.05, 3.63) is 82.9 Å². The van der Waals surface area contributed by atoms with Gasteiger partial charge in [0.25, 0.3) is 0 Å². The Balaban J connectivity index is 2.15. The molecule has 3 aromatic carbocycles. The second-order valence-corrected chi connectivity index (χ2v) is 6.32. The van der Waals surface area contributed by atoms with Gasteiger partial charge in [0, 0.05) is 0 Å². The summed E-state index contributed by atoms with van der Waals surface area (Å²) in [7, 11) is 0. The van der Waals surface area contributed by atoms with Crippen LogP contribution in [0.5, 0.6) is 0 Å². The van der Waals surface area contributed by atoms with Crippen molar-refractivity contribution in [2.45, 2.75) is 26.7 Å². The first kappa shape index (κ1) is 18.2. The largest absolute Gasteiger partial charge is 0.203 e. The highest BCUT2D eigenvalue weighted by molar-refractivity contribution is 5.73. The summed E-state index contributed by atoms with van der Waals surface area (Å²) >= 11 is 0. The zero-order valence-corrected chi connectivity index (χ0v) is 14.5. The Kier molecular flexibility index (Phi) is 5.12. The molecule has 0 saturated heterocycles. The average molecular weight is 358 g/mol. The highest BCUT2D eigenvalue weighted by atomic mass is 19.2. The van der Waals surface area contributed by atoms with E-state index in [0.29, 0.717) is 0 Å². The van der Waals surface area contributed by atoms with Gasteiger partial charge in [-0.05, 0) is 30.0 Å². The number of hydrogen-bond acceptors (Lipinski definition) is 0. The molecule has 3 aromatic rings. The van der Waals surface area contributed by atoms with Crippen LogP contribution in [0.3, 0.4) is 0 Å². The van der Waals surface area contributed by atoms with Gasteiger partial charge < -0.3 is 0 Å². The smallest absolute Gasteiger partial charge is 0.170 e. The summed E-state index contributed by atoms with van der Waals surface area (Å²) in [4.78, 5) is 0. The van der Waals surface area contributed by atoms with Crippen LogP contribution in [0.15, 0.2) is 48.5 Å². The molecule has 0 aromatic heterocycles. The van der Waals surface area contributed by atoms with Gasteiger partial charge in [-0.1, -0.05) is 67.4 Å². The maximum absolute atomic E-state index is 14.6. The molecule has 0 fully saturated rings. The van der Waals surface area contributed by atoms with Gasteiger partial charge in [0.2, 0.25) is 0 Å². The van der Waals surface area contributed by atoms with E-state index in [1.54, 1.807) is 24.3 Å². The molecular formula is C22H18F4. The van der Waals surface area contributed by atoms with E-state index in [-0.39, 0.29) is 11.1 Å². The normalized spacial score (nSPS) is 11.0. The highest BCUT2D eigenvalue weighted by Crippen LogP contribution is 2.37. The van der Waals surface area contributed by atoms with Crippen molar-refractivity contribution in [1.29, 1.82) is 0 Å². The summed E-state index contributed by atoms with van der Waals surface area (Å²) in [5.74, 6) is -5.55. The van der Waals surface area contributed by atoms with Crippen LogP contribution in [-0.2, 0) is 6.42 Å². The summed E-state index contributed by atoms with van der Waals surface area (Å²) in [6.45, 7) is 3.82. The molecule has 26 heavy (non-hydrogen) atoms. The second-order valence-electron chi connectivity index (χ2n) is 6.32. The van der Waals surface area contributed by atoms with Gasteiger partial charge in [-0.3, -0.25) is 0 Å². The van der Waals surface area contributed by atoms with Crippen molar-refractivity contribution in [2.24, 2.45) is 0 Å². The molecule has 0 N–H and O–H groups in total. The molecule has 3 rings (SSSR count). The van der Waals surface area contributed by atoms with Gasteiger partial charge in [0.15, 0.2) is 23.3 Å². The summed E-state index contributed by atoms with van der Waals surface area (Å²) in [5.41, 5.74) is 0.695. The first-order valence-corrected chi connectivity index (χ1v) is 8.46. The zero-order valence-electron chi connectivity index (χ0n) is 14.5. The summed E-state index contributed by atoms with van der Waals surface area (Å²) in [6.07, 6.45) is 1.75. The lowest BCUT2D eigenvalue weighted by atomic mass is 9.96. The van der Waals surface area contributed by atoms with E-state index in [1.807, 2.05) is 13.8 Å². The number of hydrogen-bond donors (Lipinski definition) is 0. The van der Waals surface area contributed by atoms with Crippen LogP contribution in [0.25, 0.3) is 22.3 Å². The Bertz CT molecular complexity index is 897. The minimum absolute atomic E-state index is 0.0910. The maximum Gasteiger partial charge on any atom is 0.170 e. The third-order valence-corrected chi connectivity index (χ3v) is 4.38. The van der Waals surface area contributed by atoms with Crippen molar-refractivity contribution in [2.75, 3.05) is 0 Å². The number of aryl methyl sites for hydroxylation is 2. The van der Waals surface area contributed by atoms with Gasteiger partial charge in [0.1, 0.15) is 0 Å². The van der Waals surface area contributed by atoms with Crippen LogP contribution < -0.4 is 0 Å². The molecule has 0 atom stereocenters. The van der Waals surface area contributed by atoms with Crippen LogP contribution >= 0.6 is 0 Å². The Hall–Kier alpha value is -2.62. The monoisotopic (exact) mass is 358 g/mol. The first-order valence-electron chi connectivity index (χ1n) is 8.46. The predicted octanol–water partition coefficient (Wildman–Crippen LogP) is 6.84. The Labute approximate surface area is 150 Å². The quantitative estimate of drug-likeness (QED) is 0.354. The minimum atomic E-state index is -1.39. The molecule has 0 unspecified atom stereocenters. The molecule has 0 heterocycles. The molecule has 0 nitrogen and oxygen atoms in total.